The minimum atomic E-state index is -0.861. The molecule has 1 aromatic rings. The summed E-state index contributed by atoms with van der Waals surface area (Å²) >= 11 is 5.39. The van der Waals surface area contributed by atoms with Gasteiger partial charge in [0.25, 0.3) is 0 Å². The molecule has 0 saturated carbocycles. The number of unbranched alkanes of at least 4 members (excludes halogenated alkanes) is 1. The lowest BCUT2D eigenvalue weighted by Crippen LogP contribution is -2.57. The van der Waals surface area contributed by atoms with E-state index < -0.39 is 34.6 Å². The summed E-state index contributed by atoms with van der Waals surface area (Å²) in [5, 5.41) is 10.5. The van der Waals surface area contributed by atoms with E-state index in [1.54, 1.807) is 33.7 Å². The highest BCUT2D eigenvalue weighted by Crippen LogP contribution is 2.68. The van der Waals surface area contributed by atoms with Crippen LogP contribution in [0.2, 0.25) is 0 Å². The predicted molar refractivity (Wildman–Crippen MR) is 170 cm³/mol. The Morgan fingerprint density at radius 1 is 1.23 bits per heavy atom. The number of carbonyl (C=O) groups is 3. The van der Waals surface area contributed by atoms with Crippen molar-refractivity contribution in [2.24, 2.45) is 11.8 Å². The van der Waals surface area contributed by atoms with Crippen LogP contribution in [0.4, 0.5) is 0 Å². The third-order valence-corrected chi connectivity index (χ3v) is 12.4. The molecular weight excluding hydrogens is 634 g/mol. The number of likely N-dealkylation sites (tertiary alicyclic amines) is 1. The van der Waals surface area contributed by atoms with Gasteiger partial charge < -0.3 is 24.4 Å². The molecule has 43 heavy (non-hydrogen) atoms. The maximum atomic E-state index is 14.8. The Labute approximate surface area is 266 Å². The van der Waals surface area contributed by atoms with Crippen LogP contribution < -0.4 is 0 Å². The summed E-state index contributed by atoms with van der Waals surface area (Å²) in [7, 11) is 0. The number of esters is 1. The van der Waals surface area contributed by atoms with Gasteiger partial charge in [-0.05, 0) is 24.8 Å². The third-order valence-electron chi connectivity index (χ3n) is 9.17. The van der Waals surface area contributed by atoms with Gasteiger partial charge in [-0.1, -0.05) is 58.4 Å². The highest BCUT2D eigenvalue weighted by Gasteiger charge is 2.76. The van der Waals surface area contributed by atoms with E-state index in [0.29, 0.717) is 45.7 Å². The molecule has 11 heteroatoms. The van der Waals surface area contributed by atoms with E-state index in [4.69, 9.17) is 9.47 Å². The van der Waals surface area contributed by atoms with Gasteiger partial charge >= 0.3 is 5.97 Å². The van der Waals surface area contributed by atoms with E-state index in [-0.39, 0.29) is 35.1 Å². The van der Waals surface area contributed by atoms with Gasteiger partial charge in [0.15, 0.2) is 0 Å². The number of fused-ring (bicyclic) bond motifs is 1. The number of carbonyl (C=O) groups excluding carboxylic acids is 3. The number of ether oxygens (including phenoxy) is 2. The first kappa shape index (κ1) is 32.2. The maximum Gasteiger partial charge on any atom is 0.310 e. The Morgan fingerprint density at radius 2 is 1.98 bits per heavy atom. The molecule has 0 aromatic heterocycles. The zero-order valence-corrected chi connectivity index (χ0v) is 26.9. The molecule has 1 aromatic carbocycles. The van der Waals surface area contributed by atoms with Crippen LogP contribution in [0.3, 0.4) is 0 Å². The van der Waals surface area contributed by atoms with Gasteiger partial charge in [-0.3, -0.25) is 19.3 Å². The average molecular weight is 677 g/mol. The molecule has 234 valence electrons. The Balaban J connectivity index is 1.51. The van der Waals surface area contributed by atoms with Gasteiger partial charge in [0, 0.05) is 42.8 Å². The quantitative estimate of drug-likeness (QED) is 0.139. The van der Waals surface area contributed by atoms with Crippen molar-refractivity contribution in [1.29, 1.82) is 0 Å². The van der Waals surface area contributed by atoms with Crippen molar-refractivity contribution in [3.63, 3.8) is 0 Å². The fraction of sp³-hybridized carbons (Fsp3) is 0.594. The van der Waals surface area contributed by atoms with Crippen molar-refractivity contribution in [2.75, 3.05) is 59.2 Å². The standard InChI is InChI=1S/C32H42BrN3O6S/c1-3-5-9-17-42-31(40)25-26-29(38)36(24(21-37)22-10-7-6-8-11-22)28(32(26)20-23(33)27(25)43-32)30(39)35(12-4-2)14-13-34-15-18-41-19-16-34/h3-4,6-8,10-11,23-28,37H,1-2,5,9,12-21H2/t23?,24-,25-,26+,27-,28?,32?/m1/s1. The molecule has 0 aliphatic carbocycles. The fourth-order valence-corrected chi connectivity index (χ4v) is 10.8. The number of morpholine rings is 1. The van der Waals surface area contributed by atoms with Crippen molar-refractivity contribution < 1.29 is 29.0 Å². The minimum absolute atomic E-state index is 0.0620. The number of thioether (sulfide) groups is 1. The normalized spacial score (nSPS) is 30.6. The van der Waals surface area contributed by atoms with Crippen molar-refractivity contribution in [1.82, 2.24) is 14.7 Å². The Bertz CT molecular complexity index is 1180. The number of hydrogen-bond donors (Lipinski definition) is 1. The average Bonchev–Trinajstić information content (AvgIpc) is 3.62. The number of amides is 2. The molecular formula is C32H42BrN3O6S. The second kappa shape index (κ2) is 14.3. The number of aliphatic hydroxyl groups excluding tert-OH is 1. The molecule has 4 saturated heterocycles. The minimum Gasteiger partial charge on any atom is -0.465 e. The number of nitrogens with zero attached hydrogens (tertiary/aromatic N) is 3. The van der Waals surface area contributed by atoms with E-state index in [1.165, 1.54) is 0 Å². The number of halogens is 1. The molecule has 4 heterocycles. The zero-order chi connectivity index (χ0) is 30.6. The number of alkyl halides is 1. The predicted octanol–water partition coefficient (Wildman–Crippen LogP) is 3.04. The number of benzene rings is 1. The van der Waals surface area contributed by atoms with Crippen LogP contribution in [0.1, 0.15) is 30.9 Å². The van der Waals surface area contributed by atoms with Crippen LogP contribution >= 0.6 is 27.7 Å². The number of rotatable bonds is 14. The van der Waals surface area contributed by atoms with Gasteiger partial charge in [0.2, 0.25) is 11.8 Å². The monoisotopic (exact) mass is 675 g/mol. The Kier molecular flexibility index (Phi) is 10.7. The summed E-state index contributed by atoms with van der Waals surface area (Å²) < 4.78 is 10.4. The van der Waals surface area contributed by atoms with Gasteiger partial charge in [-0.25, -0.2) is 0 Å². The molecule has 2 bridgehead atoms. The van der Waals surface area contributed by atoms with E-state index in [9.17, 15) is 19.5 Å². The second-order valence-corrected chi connectivity index (χ2v) is 14.4. The van der Waals surface area contributed by atoms with Gasteiger partial charge in [0.05, 0.1) is 49.1 Å². The van der Waals surface area contributed by atoms with Crippen LogP contribution in [0.5, 0.6) is 0 Å². The fourth-order valence-electron chi connectivity index (χ4n) is 7.19. The van der Waals surface area contributed by atoms with Crippen LogP contribution in [-0.4, -0.2) is 118 Å². The summed E-state index contributed by atoms with van der Waals surface area (Å²) in [6, 6.07) is 7.74. The number of allylic oxidation sites excluding steroid dienone is 1. The number of aliphatic hydroxyl groups is 1. The van der Waals surface area contributed by atoms with E-state index >= 15 is 0 Å². The summed E-state index contributed by atoms with van der Waals surface area (Å²) in [6.07, 6.45) is 5.45. The van der Waals surface area contributed by atoms with E-state index in [1.807, 2.05) is 30.3 Å². The molecule has 5 rings (SSSR count). The van der Waals surface area contributed by atoms with E-state index in [2.05, 4.69) is 34.0 Å². The van der Waals surface area contributed by atoms with Crippen molar-refractivity contribution in [3.05, 3.63) is 61.2 Å². The van der Waals surface area contributed by atoms with Crippen molar-refractivity contribution in [2.45, 2.75) is 46.2 Å². The van der Waals surface area contributed by atoms with Crippen molar-refractivity contribution in [3.8, 4) is 0 Å². The SMILES string of the molecule is C=CCCCOC(=O)[C@H]1[C@@H]2SC3(CC2Br)C(C(=O)N(CC=C)CCN2CCOCC2)N([C@H](CO)c2ccccc2)C(=O)[C@H]13. The van der Waals surface area contributed by atoms with Crippen LogP contribution in [0.15, 0.2) is 55.6 Å². The molecule has 2 amide bonds. The second-order valence-electron chi connectivity index (χ2n) is 11.6. The summed E-state index contributed by atoms with van der Waals surface area (Å²) in [4.78, 5) is 48.6. The highest BCUT2D eigenvalue weighted by molar-refractivity contribution is 9.09. The lowest BCUT2D eigenvalue weighted by atomic mass is 9.71. The summed E-state index contributed by atoms with van der Waals surface area (Å²) in [5.74, 6) is -2.24. The first-order valence-electron chi connectivity index (χ1n) is 15.1. The molecule has 1 spiro atoms. The van der Waals surface area contributed by atoms with Gasteiger partial charge in [-0.15, -0.1) is 24.9 Å². The lowest BCUT2D eigenvalue weighted by Gasteiger charge is -2.40. The first-order valence-corrected chi connectivity index (χ1v) is 16.9. The maximum absolute atomic E-state index is 14.8. The van der Waals surface area contributed by atoms with Gasteiger partial charge in [-0.2, -0.15) is 0 Å². The molecule has 7 atom stereocenters. The Hall–Kier alpha value is -2.18. The number of hydrogen-bond acceptors (Lipinski definition) is 8. The van der Waals surface area contributed by atoms with Crippen molar-refractivity contribution >= 4 is 45.5 Å². The van der Waals surface area contributed by atoms with Gasteiger partial charge in [0.1, 0.15) is 6.04 Å². The van der Waals surface area contributed by atoms with Crippen LogP contribution in [-0.2, 0) is 23.9 Å². The Morgan fingerprint density at radius 3 is 2.65 bits per heavy atom. The first-order chi connectivity index (χ1) is 20.9. The molecule has 4 aliphatic heterocycles. The largest absolute Gasteiger partial charge is 0.465 e. The topological polar surface area (TPSA) is 99.6 Å². The summed E-state index contributed by atoms with van der Waals surface area (Å²) in [5.41, 5.74) is 0.745. The smallest absolute Gasteiger partial charge is 0.310 e. The van der Waals surface area contributed by atoms with Crippen LogP contribution in [0, 0.1) is 11.8 Å². The highest BCUT2D eigenvalue weighted by atomic mass is 79.9. The molecule has 4 fully saturated rings. The molecule has 9 nitrogen and oxygen atoms in total. The third kappa shape index (κ3) is 6.20. The molecule has 4 aliphatic rings. The lowest BCUT2D eigenvalue weighted by molar-refractivity contribution is -0.154. The molecule has 1 N–H and O–H groups in total. The molecule has 3 unspecified atom stereocenters. The van der Waals surface area contributed by atoms with Crippen LogP contribution in [0.25, 0.3) is 0 Å². The van der Waals surface area contributed by atoms with E-state index in [0.717, 1.165) is 25.1 Å². The molecule has 0 radical (unpaired) electrons. The summed E-state index contributed by atoms with van der Waals surface area (Å²) in [6.45, 7) is 12.0. The zero-order valence-electron chi connectivity index (χ0n) is 24.5.